The van der Waals surface area contributed by atoms with E-state index in [1.807, 2.05) is 0 Å². The first-order valence-electron chi connectivity index (χ1n) is 18.3. The number of rotatable bonds is 20. The quantitative estimate of drug-likeness (QED) is 0.101. The second-order valence-electron chi connectivity index (χ2n) is 13.6. The Morgan fingerprint density at radius 1 is 0.667 bits per heavy atom. The standard InChI is InChI=1S/C38H59BrF2O4/c1-3-5-7-9-11-13-15-35(40)37(42)44-31-22-17-28(18-23-31)30-21-26-33(34(39)27-30)29-19-24-32(25-20-29)45-38(43)36(41)16-14-12-10-8-6-4-2/h21,26-29,31-32,35-36H,3-20,22-25H2,1-2H3/t28-,29-,31-,32-,35-,36-/m0/s1. The maximum Gasteiger partial charge on any atom is 0.340 e. The van der Waals surface area contributed by atoms with Gasteiger partial charge in [0.25, 0.3) is 0 Å². The summed E-state index contributed by atoms with van der Waals surface area (Å²) in [6.45, 7) is 4.35. The van der Waals surface area contributed by atoms with E-state index in [0.717, 1.165) is 94.4 Å². The zero-order chi connectivity index (χ0) is 32.4. The van der Waals surface area contributed by atoms with E-state index in [1.54, 1.807) is 0 Å². The van der Waals surface area contributed by atoms with Gasteiger partial charge in [0.15, 0.2) is 12.3 Å². The zero-order valence-corrected chi connectivity index (χ0v) is 29.6. The summed E-state index contributed by atoms with van der Waals surface area (Å²) in [5.41, 5.74) is 2.56. The molecule has 0 bridgehead atoms. The SMILES string of the molecule is CCCCCCCC[C@H](F)C(=O)O[C@H]1CC[C@H](c2ccc([C@H]3CC[C@H](OC(=O)[C@@H](F)CCCCCCCC)CC3)c(Br)c2)CC1. The number of benzene rings is 1. The minimum Gasteiger partial charge on any atom is -0.460 e. The third kappa shape index (κ3) is 13.6. The molecule has 2 atom stereocenters. The summed E-state index contributed by atoms with van der Waals surface area (Å²) < 4.78 is 41.0. The van der Waals surface area contributed by atoms with Crippen LogP contribution in [0.25, 0.3) is 0 Å². The van der Waals surface area contributed by atoms with Gasteiger partial charge in [0.1, 0.15) is 12.2 Å². The fourth-order valence-corrected chi connectivity index (χ4v) is 7.77. The predicted molar refractivity (Wildman–Crippen MR) is 182 cm³/mol. The van der Waals surface area contributed by atoms with Crippen LogP contribution in [-0.2, 0) is 19.1 Å². The summed E-state index contributed by atoms with van der Waals surface area (Å²) in [7, 11) is 0. The summed E-state index contributed by atoms with van der Waals surface area (Å²) in [6, 6.07) is 6.67. The number of ether oxygens (including phenoxy) is 2. The number of esters is 2. The van der Waals surface area contributed by atoms with Gasteiger partial charge in [-0.3, -0.25) is 0 Å². The van der Waals surface area contributed by atoms with Crippen molar-refractivity contribution in [3.05, 3.63) is 33.8 Å². The highest BCUT2D eigenvalue weighted by Gasteiger charge is 2.30. The van der Waals surface area contributed by atoms with E-state index >= 15 is 0 Å². The molecule has 0 N–H and O–H groups in total. The Hall–Kier alpha value is -1.50. The van der Waals surface area contributed by atoms with Crippen LogP contribution in [0.2, 0.25) is 0 Å². The van der Waals surface area contributed by atoms with Crippen molar-refractivity contribution in [1.82, 2.24) is 0 Å². The van der Waals surface area contributed by atoms with Gasteiger partial charge >= 0.3 is 11.9 Å². The first-order chi connectivity index (χ1) is 21.8. The minimum absolute atomic E-state index is 0.188. The number of alkyl halides is 2. The first-order valence-corrected chi connectivity index (χ1v) is 19.1. The van der Waals surface area contributed by atoms with Crippen LogP contribution in [0.1, 0.15) is 178 Å². The van der Waals surface area contributed by atoms with Crippen molar-refractivity contribution in [2.45, 2.75) is 191 Å². The summed E-state index contributed by atoms with van der Waals surface area (Å²) in [5, 5.41) is 0. The van der Waals surface area contributed by atoms with Crippen LogP contribution in [-0.4, -0.2) is 36.5 Å². The third-order valence-corrected chi connectivity index (χ3v) is 10.7. The van der Waals surface area contributed by atoms with Gasteiger partial charge in [-0.25, -0.2) is 18.4 Å². The van der Waals surface area contributed by atoms with Gasteiger partial charge in [-0.2, -0.15) is 0 Å². The highest BCUT2D eigenvalue weighted by Crippen LogP contribution is 2.41. The lowest BCUT2D eigenvalue weighted by molar-refractivity contribution is -0.157. The van der Waals surface area contributed by atoms with Crippen LogP contribution in [0.15, 0.2) is 22.7 Å². The average Bonchev–Trinajstić information content (AvgIpc) is 3.04. The Morgan fingerprint density at radius 3 is 1.53 bits per heavy atom. The lowest BCUT2D eigenvalue weighted by atomic mass is 9.80. The van der Waals surface area contributed by atoms with Crippen molar-refractivity contribution in [3.8, 4) is 0 Å². The largest absolute Gasteiger partial charge is 0.460 e. The van der Waals surface area contributed by atoms with Crippen molar-refractivity contribution in [1.29, 1.82) is 0 Å². The number of unbranched alkanes of at least 4 members (excludes halogenated alkanes) is 10. The molecule has 2 saturated carbocycles. The minimum atomic E-state index is -1.51. The van der Waals surface area contributed by atoms with Crippen LogP contribution < -0.4 is 0 Å². The molecule has 0 aromatic heterocycles. The number of halogens is 3. The van der Waals surface area contributed by atoms with Crippen LogP contribution in [0.3, 0.4) is 0 Å². The summed E-state index contributed by atoms with van der Waals surface area (Å²) in [5.74, 6) is -0.580. The van der Waals surface area contributed by atoms with E-state index in [0.29, 0.717) is 11.8 Å². The molecule has 45 heavy (non-hydrogen) atoms. The monoisotopic (exact) mass is 696 g/mol. The van der Waals surface area contributed by atoms with E-state index in [2.05, 4.69) is 48.0 Å². The second-order valence-corrected chi connectivity index (χ2v) is 14.5. The molecule has 0 radical (unpaired) electrons. The molecule has 256 valence electrons. The van der Waals surface area contributed by atoms with Crippen LogP contribution >= 0.6 is 15.9 Å². The van der Waals surface area contributed by atoms with Crippen LogP contribution in [0.5, 0.6) is 0 Å². The van der Waals surface area contributed by atoms with Gasteiger partial charge in [0.2, 0.25) is 0 Å². The molecule has 1 aromatic carbocycles. The Balaban J connectivity index is 1.34. The summed E-state index contributed by atoms with van der Waals surface area (Å²) in [4.78, 5) is 24.6. The molecular weight excluding hydrogens is 638 g/mol. The van der Waals surface area contributed by atoms with Crippen molar-refractivity contribution >= 4 is 27.9 Å². The molecule has 2 aliphatic rings. The molecule has 0 heterocycles. The van der Waals surface area contributed by atoms with Gasteiger partial charge in [-0.05, 0) is 106 Å². The van der Waals surface area contributed by atoms with E-state index in [-0.39, 0.29) is 25.0 Å². The smallest absolute Gasteiger partial charge is 0.340 e. The van der Waals surface area contributed by atoms with Crippen molar-refractivity contribution < 1.29 is 27.8 Å². The highest BCUT2D eigenvalue weighted by molar-refractivity contribution is 9.10. The Labute approximate surface area is 280 Å². The van der Waals surface area contributed by atoms with Gasteiger partial charge in [-0.15, -0.1) is 0 Å². The molecule has 0 saturated heterocycles. The van der Waals surface area contributed by atoms with Crippen molar-refractivity contribution in [2.24, 2.45) is 0 Å². The van der Waals surface area contributed by atoms with Gasteiger partial charge < -0.3 is 9.47 Å². The summed E-state index contributed by atoms with van der Waals surface area (Å²) in [6.07, 6.45) is 16.7. The molecule has 7 heteroatoms. The molecule has 0 amide bonds. The maximum atomic E-state index is 14.4. The highest BCUT2D eigenvalue weighted by atomic mass is 79.9. The van der Waals surface area contributed by atoms with Crippen molar-refractivity contribution in [2.75, 3.05) is 0 Å². The normalized spacial score (nSPS) is 23.3. The van der Waals surface area contributed by atoms with Crippen LogP contribution in [0.4, 0.5) is 8.78 Å². The lowest BCUT2D eigenvalue weighted by Gasteiger charge is -2.31. The summed E-state index contributed by atoms with van der Waals surface area (Å²) >= 11 is 3.82. The second kappa shape index (κ2) is 21.4. The molecular formula is C38H59BrF2O4. The molecule has 0 unspecified atom stereocenters. The molecule has 1 aromatic rings. The van der Waals surface area contributed by atoms with Gasteiger partial charge in [-0.1, -0.05) is 106 Å². The fourth-order valence-electron chi connectivity index (χ4n) is 7.05. The molecule has 4 nitrogen and oxygen atoms in total. The Kier molecular flexibility index (Phi) is 18.0. The number of hydrogen-bond donors (Lipinski definition) is 0. The number of carbonyl (C=O) groups is 2. The van der Waals surface area contributed by atoms with Crippen molar-refractivity contribution in [3.63, 3.8) is 0 Å². The lowest BCUT2D eigenvalue weighted by Crippen LogP contribution is -2.28. The topological polar surface area (TPSA) is 52.6 Å². The maximum absolute atomic E-state index is 14.4. The van der Waals surface area contributed by atoms with E-state index in [9.17, 15) is 18.4 Å². The molecule has 0 spiro atoms. The van der Waals surface area contributed by atoms with E-state index < -0.39 is 24.3 Å². The molecule has 2 fully saturated rings. The number of carbonyl (C=O) groups excluding carboxylic acids is 2. The molecule has 2 aliphatic carbocycles. The van der Waals surface area contributed by atoms with E-state index in [1.165, 1.54) is 49.7 Å². The molecule has 0 aliphatic heterocycles. The zero-order valence-electron chi connectivity index (χ0n) is 28.0. The van der Waals surface area contributed by atoms with Gasteiger partial charge in [0.05, 0.1) is 0 Å². The average molecular weight is 698 g/mol. The Morgan fingerprint density at radius 2 is 1.09 bits per heavy atom. The Bertz CT molecular complexity index is 988. The predicted octanol–water partition coefficient (Wildman–Crippen LogP) is 11.8. The molecule has 3 rings (SSSR count). The number of hydrogen-bond acceptors (Lipinski definition) is 4. The van der Waals surface area contributed by atoms with Crippen LogP contribution in [0, 0.1) is 0 Å². The fraction of sp³-hybridized carbons (Fsp3) is 0.789. The third-order valence-electron chi connectivity index (χ3n) is 9.98. The van der Waals surface area contributed by atoms with E-state index in [4.69, 9.17) is 9.47 Å². The first kappa shape index (κ1) is 38.0. The van der Waals surface area contributed by atoms with Gasteiger partial charge in [0, 0.05) is 4.47 Å².